The van der Waals surface area contributed by atoms with Crippen LogP contribution in [0.15, 0.2) is 22.7 Å². The molecule has 1 aromatic carbocycles. The normalized spacial score (nSPS) is 14.5. The zero-order chi connectivity index (χ0) is 12.1. The van der Waals surface area contributed by atoms with E-state index >= 15 is 0 Å². The lowest BCUT2D eigenvalue weighted by Crippen LogP contribution is -2.13. The Bertz CT molecular complexity index is 386. The first-order valence-corrected chi connectivity index (χ1v) is 7.02. The topological polar surface area (TPSA) is 46.5 Å². The first-order valence-electron chi connectivity index (χ1n) is 4.68. The van der Waals surface area contributed by atoms with Crippen molar-refractivity contribution in [3.63, 3.8) is 0 Å². The predicted octanol–water partition coefficient (Wildman–Crippen LogP) is 3.48. The van der Waals surface area contributed by atoms with Crippen LogP contribution in [-0.4, -0.2) is 20.6 Å². The Labute approximate surface area is 111 Å². The largest absolute Gasteiger partial charge is 0.492 e. The smallest absolute Gasteiger partial charge is 0.155 e. The van der Waals surface area contributed by atoms with Gasteiger partial charge in [-0.25, -0.2) is 4.21 Å². The van der Waals surface area contributed by atoms with E-state index in [0.717, 1.165) is 4.47 Å². The summed E-state index contributed by atoms with van der Waals surface area (Å²) in [6.07, 6.45) is 0.509. The molecule has 0 radical (unpaired) electrons. The van der Waals surface area contributed by atoms with Crippen LogP contribution >= 0.6 is 27.5 Å². The standard InChI is InChI=1S/C10H12BrClO3S/c1-7(16(13)14)4-5-15-10-3-2-8(11)6-9(10)12/h2-3,6-7H,4-5H2,1H3,(H,13,14). The fraction of sp³-hybridized carbons (Fsp3) is 0.400. The molecule has 16 heavy (non-hydrogen) atoms. The molecule has 0 fully saturated rings. The van der Waals surface area contributed by atoms with Crippen molar-refractivity contribution in [1.82, 2.24) is 0 Å². The quantitative estimate of drug-likeness (QED) is 0.842. The van der Waals surface area contributed by atoms with Crippen molar-refractivity contribution in [1.29, 1.82) is 0 Å². The zero-order valence-corrected chi connectivity index (χ0v) is 11.8. The first kappa shape index (κ1) is 14.0. The van der Waals surface area contributed by atoms with E-state index < -0.39 is 11.1 Å². The van der Waals surface area contributed by atoms with Crippen molar-refractivity contribution < 1.29 is 13.5 Å². The molecule has 0 aliphatic rings. The van der Waals surface area contributed by atoms with Gasteiger partial charge in [0.2, 0.25) is 0 Å². The fourth-order valence-corrected chi connectivity index (χ4v) is 2.05. The summed E-state index contributed by atoms with van der Waals surface area (Å²) in [6.45, 7) is 2.07. The molecule has 0 spiro atoms. The first-order chi connectivity index (χ1) is 7.50. The Morgan fingerprint density at radius 1 is 1.62 bits per heavy atom. The maximum Gasteiger partial charge on any atom is 0.155 e. The number of hydrogen-bond donors (Lipinski definition) is 1. The zero-order valence-electron chi connectivity index (χ0n) is 8.65. The second-order valence-corrected chi connectivity index (χ2v) is 5.98. The molecule has 90 valence electrons. The van der Waals surface area contributed by atoms with Crippen molar-refractivity contribution in [2.75, 3.05) is 6.61 Å². The molecule has 0 aliphatic carbocycles. The lowest BCUT2D eigenvalue weighted by atomic mass is 10.3. The number of ether oxygens (including phenoxy) is 1. The number of benzene rings is 1. The molecule has 0 heterocycles. The molecule has 0 aliphatic heterocycles. The minimum atomic E-state index is -1.80. The maximum atomic E-state index is 10.7. The van der Waals surface area contributed by atoms with Crippen molar-refractivity contribution in [3.05, 3.63) is 27.7 Å². The monoisotopic (exact) mass is 326 g/mol. The summed E-state index contributed by atoms with van der Waals surface area (Å²) in [5.74, 6) is 0.584. The van der Waals surface area contributed by atoms with Gasteiger partial charge in [-0.05, 0) is 31.5 Å². The van der Waals surface area contributed by atoms with Crippen LogP contribution < -0.4 is 4.74 Å². The molecule has 0 bridgehead atoms. The van der Waals surface area contributed by atoms with Crippen LogP contribution in [0.5, 0.6) is 5.75 Å². The average Bonchev–Trinajstić information content (AvgIpc) is 2.20. The number of rotatable bonds is 5. The van der Waals surface area contributed by atoms with Gasteiger partial charge in [0.15, 0.2) is 11.1 Å². The van der Waals surface area contributed by atoms with E-state index in [1.54, 1.807) is 19.1 Å². The van der Waals surface area contributed by atoms with Crippen LogP contribution in [0.2, 0.25) is 5.02 Å². The van der Waals surface area contributed by atoms with E-state index in [9.17, 15) is 4.21 Å². The molecular weight excluding hydrogens is 316 g/mol. The van der Waals surface area contributed by atoms with Crippen LogP contribution in [-0.2, 0) is 11.1 Å². The Morgan fingerprint density at radius 2 is 2.31 bits per heavy atom. The minimum Gasteiger partial charge on any atom is -0.492 e. The van der Waals surface area contributed by atoms with E-state index in [2.05, 4.69) is 15.9 Å². The summed E-state index contributed by atoms with van der Waals surface area (Å²) in [6, 6.07) is 5.33. The highest BCUT2D eigenvalue weighted by molar-refractivity contribution is 9.10. The van der Waals surface area contributed by atoms with Crippen LogP contribution in [0, 0.1) is 0 Å². The van der Waals surface area contributed by atoms with Gasteiger partial charge in [0.05, 0.1) is 16.9 Å². The van der Waals surface area contributed by atoms with Gasteiger partial charge in [0, 0.05) is 4.47 Å². The van der Waals surface area contributed by atoms with Crippen molar-refractivity contribution in [2.45, 2.75) is 18.6 Å². The summed E-state index contributed by atoms with van der Waals surface area (Å²) in [7, 11) is 0. The third-order valence-corrected chi connectivity index (χ3v) is 3.73. The molecule has 2 unspecified atom stereocenters. The third kappa shape index (κ3) is 4.41. The highest BCUT2D eigenvalue weighted by Crippen LogP contribution is 2.27. The van der Waals surface area contributed by atoms with Crippen molar-refractivity contribution in [3.8, 4) is 5.75 Å². The van der Waals surface area contributed by atoms with Gasteiger partial charge in [-0.2, -0.15) is 0 Å². The summed E-state index contributed by atoms with van der Waals surface area (Å²) in [5, 5.41) is 0.223. The van der Waals surface area contributed by atoms with Crippen molar-refractivity contribution in [2.24, 2.45) is 0 Å². The van der Waals surface area contributed by atoms with Crippen LogP contribution in [0.1, 0.15) is 13.3 Å². The summed E-state index contributed by atoms with van der Waals surface area (Å²) >= 11 is 7.44. The van der Waals surface area contributed by atoms with Crippen molar-refractivity contribution >= 4 is 38.6 Å². The Kier molecular flexibility index (Phi) is 5.75. The van der Waals surface area contributed by atoms with Gasteiger partial charge >= 0.3 is 0 Å². The van der Waals surface area contributed by atoms with Gasteiger partial charge in [-0.3, -0.25) is 0 Å². The van der Waals surface area contributed by atoms with Gasteiger partial charge in [-0.15, -0.1) is 0 Å². The van der Waals surface area contributed by atoms with E-state index in [0.29, 0.717) is 23.8 Å². The highest BCUT2D eigenvalue weighted by atomic mass is 79.9. The van der Waals surface area contributed by atoms with E-state index in [1.807, 2.05) is 6.07 Å². The Hall–Kier alpha value is -0.100. The van der Waals surface area contributed by atoms with Gasteiger partial charge in [0.25, 0.3) is 0 Å². The molecule has 6 heteroatoms. The van der Waals surface area contributed by atoms with Gasteiger partial charge in [0.1, 0.15) is 5.75 Å². The Morgan fingerprint density at radius 3 is 2.88 bits per heavy atom. The van der Waals surface area contributed by atoms with Gasteiger partial charge in [-0.1, -0.05) is 27.5 Å². The summed E-state index contributed by atoms with van der Waals surface area (Å²) < 4.78 is 25.8. The molecule has 1 aromatic rings. The molecule has 1 N–H and O–H groups in total. The Balaban J connectivity index is 2.46. The van der Waals surface area contributed by atoms with E-state index in [4.69, 9.17) is 20.9 Å². The summed E-state index contributed by atoms with van der Waals surface area (Å²) in [5.41, 5.74) is 0. The SMILES string of the molecule is CC(CCOc1ccc(Br)cc1Cl)S(=O)O. The molecule has 0 saturated heterocycles. The number of halogens is 2. The van der Waals surface area contributed by atoms with Crippen LogP contribution in [0.3, 0.4) is 0 Å². The van der Waals surface area contributed by atoms with Crippen LogP contribution in [0.4, 0.5) is 0 Å². The minimum absolute atomic E-state index is 0.297. The highest BCUT2D eigenvalue weighted by Gasteiger charge is 2.09. The lowest BCUT2D eigenvalue weighted by Gasteiger charge is -2.10. The molecule has 0 aromatic heterocycles. The molecule has 1 rings (SSSR count). The second-order valence-electron chi connectivity index (χ2n) is 3.30. The molecule has 0 saturated carbocycles. The van der Waals surface area contributed by atoms with E-state index in [1.165, 1.54) is 0 Å². The third-order valence-electron chi connectivity index (χ3n) is 2.02. The number of hydrogen-bond acceptors (Lipinski definition) is 2. The molecular formula is C10H12BrClO3S. The van der Waals surface area contributed by atoms with E-state index in [-0.39, 0.29) is 5.25 Å². The lowest BCUT2D eigenvalue weighted by molar-refractivity contribution is 0.309. The molecule has 3 nitrogen and oxygen atoms in total. The summed E-state index contributed by atoms with van der Waals surface area (Å²) in [4.78, 5) is 0. The molecule has 0 amide bonds. The second kappa shape index (κ2) is 6.59. The average molecular weight is 328 g/mol. The maximum absolute atomic E-state index is 10.7. The fourth-order valence-electron chi connectivity index (χ4n) is 1.03. The van der Waals surface area contributed by atoms with Gasteiger partial charge < -0.3 is 9.29 Å². The molecule has 2 atom stereocenters. The predicted molar refractivity (Wildman–Crippen MR) is 69.5 cm³/mol. The van der Waals surface area contributed by atoms with Crippen LogP contribution in [0.25, 0.3) is 0 Å².